The third-order valence-electron chi connectivity index (χ3n) is 4.99. The lowest BCUT2D eigenvalue weighted by atomic mass is 9.75. The number of carboxylic acids is 1. The molecule has 2 N–H and O–H groups in total. The van der Waals surface area contributed by atoms with Crippen molar-refractivity contribution in [1.82, 2.24) is 10.2 Å². The number of urea groups is 1. The number of amides is 2. The Kier molecular flexibility index (Phi) is 5.12. The summed E-state index contributed by atoms with van der Waals surface area (Å²) in [6, 6.07) is -0.0330. The monoisotopic (exact) mass is 296 g/mol. The molecular formula is C16H28N2O3. The first-order chi connectivity index (χ1) is 9.87. The second-order valence-corrected chi connectivity index (χ2v) is 7.25. The van der Waals surface area contributed by atoms with Crippen molar-refractivity contribution in [1.29, 1.82) is 0 Å². The predicted octanol–water partition coefficient (Wildman–Crippen LogP) is 2.85. The van der Waals surface area contributed by atoms with Crippen molar-refractivity contribution in [3.05, 3.63) is 0 Å². The number of aliphatic carboxylic acids is 1. The summed E-state index contributed by atoms with van der Waals surface area (Å²) < 4.78 is 0. The van der Waals surface area contributed by atoms with Gasteiger partial charge in [-0.15, -0.1) is 0 Å². The highest BCUT2D eigenvalue weighted by Crippen LogP contribution is 2.36. The van der Waals surface area contributed by atoms with Crippen LogP contribution in [0.5, 0.6) is 0 Å². The SMILES string of the molecule is CC(C)(CCC(=O)O)NC(=O)N1CCC2CCCCC2C1. The van der Waals surface area contributed by atoms with E-state index in [4.69, 9.17) is 5.11 Å². The lowest BCUT2D eigenvalue weighted by Gasteiger charge is -2.42. The topological polar surface area (TPSA) is 69.6 Å². The van der Waals surface area contributed by atoms with E-state index < -0.39 is 11.5 Å². The quantitative estimate of drug-likeness (QED) is 0.838. The average molecular weight is 296 g/mol. The number of nitrogens with zero attached hydrogens (tertiary/aromatic N) is 1. The predicted molar refractivity (Wildman–Crippen MR) is 81.1 cm³/mol. The summed E-state index contributed by atoms with van der Waals surface area (Å²) in [5.74, 6) is 0.656. The van der Waals surface area contributed by atoms with Gasteiger partial charge in [0.05, 0.1) is 0 Å². The van der Waals surface area contributed by atoms with Crippen LogP contribution in [0.4, 0.5) is 4.79 Å². The molecule has 5 nitrogen and oxygen atoms in total. The van der Waals surface area contributed by atoms with Crippen molar-refractivity contribution < 1.29 is 14.7 Å². The van der Waals surface area contributed by atoms with Gasteiger partial charge >= 0.3 is 12.0 Å². The zero-order valence-corrected chi connectivity index (χ0v) is 13.2. The van der Waals surface area contributed by atoms with Crippen LogP contribution in [-0.4, -0.2) is 40.6 Å². The summed E-state index contributed by atoms with van der Waals surface area (Å²) in [5.41, 5.74) is -0.473. The van der Waals surface area contributed by atoms with Gasteiger partial charge in [0.15, 0.2) is 0 Å². The number of fused-ring (bicyclic) bond motifs is 1. The standard InChI is InChI=1S/C16H28N2O3/c1-16(2,9-7-14(19)20)17-15(21)18-10-8-12-5-3-4-6-13(12)11-18/h12-13H,3-11H2,1-2H3,(H,17,21)(H,19,20). The van der Waals surface area contributed by atoms with Gasteiger partial charge in [-0.25, -0.2) is 4.79 Å². The first-order valence-corrected chi connectivity index (χ1v) is 8.16. The lowest BCUT2D eigenvalue weighted by Crippen LogP contribution is -2.54. The normalized spacial score (nSPS) is 26.1. The summed E-state index contributed by atoms with van der Waals surface area (Å²) in [7, 11) is 0. The molecule has 1 saturated carbocycles. The van der Waals surface area contributed by atoms with Crippen molar-refractivity contribution in [3.8, 4) is 0 Å². The number of nitrogens with one attached hydrogen (secondary N) is 1. The van der Waals surface area contributed by atoms with Crippen molar-refractivity contribution in [2.24, 2.45) is 11.8 Å². The Labute approximate surface area is 127 Å². The van der Waals surface area contributed by atoms with Gasteiger partial charge in [-0.05, 0) is 44.9 Å². The van der Waals surface area contributed by atoms with E-state index in [2.05, 4.69) is 5.32 Å². The van der Waals surface area contributed by atoms with Gasteiger partial charge in [0.2, 0.25) is 0 Å². The van der Waals surface area contributed by atoms with E-state index in [-0.39, 0.29) is 12.5 Å². The molecule has 0 bridgehead atoms. The second-order valence-electron chi connectivity index (χ2n) is 7.25. The number of hydrogen-bond donors (Lipinski definition) is 2. The van der Waals surface area contributed by atoms with E-state index in [1.807, 2.05) is 18.7 Å². The number of carbonyl (C=O) groups excluding carboxylic acids is 1. The highest BCUT2D eigenvalue weighted by molar-refractivity contribution is 5.75. The molecule has 2 rings (SSSR count). The molecule has 0 aromatic rings. The molecule has 2 atom stereocenters. The van der Waals surface area contributed by atoms with Gasteiger partial charge in [-0.3, -0.25) is 4.79 Å². The van der Waals surface area contributed by atoms with Crippen molar-refractivity contribution in [2.75, 3.05) is 13.1 Å². The Hall–Kier alpha value is -1.26. The largest absolute Gasteiger partial charge is 0.481 e. The smallest absolute Gasteiger partial charge is 0.317 e. The van der Waals surface area contributed by atoms with Gasteiger partial charge in [-0.1, -0.05) is 19.3 Å². The molecule has 0 radical (unpaired) electrons. The first kappa shape index (κ1) is 16.1. The average Bonchev–Trinajstić information content (AvgIpc) is 2.44. The molecule has 0 aromatic carbocycles. The second kappa shape index (κ2) is 6.67. The molecular weight excluding hydrogens is 268 g/mol. The van der Waals surface area contributed by atoms with E-state index in [1.54, 1.807) is 0 Å². The highest BCUT2D eigenvalue weighted by atomic mass is 16.4. The third-order valence-corrected chi connectivity index (χ3v) is 4.99. The minimum atomic E-state index is -0.819. The maximum Gasteiger partial charge on any atom is 0.317 e. The van der Waals surface area contributed by atoms with Crippen LogP contribution in [0.25, 0.3) is 0 Å². The Bertz CT molecular complexity index is 395. The molecule has 2 amide bonds. The van der Waals surface area contributed by atoms with Crippen LogP contribution in [0.1, 0.15) is 58.8 Å². The molecule has 0 aromatic heterocycles. The fourth-order valence-corrected chi connectivity index (χ4v) is 3.64. The molecule has 2 fully saturated rings. The van der Waals surface area contributed by atoms with Gasteiger partial charge in [0.25, 0.3) is 0 Å². The van der Waals surface area contributed by atoms with Crippen LogP contribution >= 0.6 is 0 Å². The van der Waals surface area contributed by atoms with Crippen molar-refractivity contribution in [3.63, 3.8) is 0 Å². The number of carbonyl (C=O) groups is 2. The summed E-state index contributed by atoms with van der Waals surface area (Å²) >= 11 is 0. The molecule has 120 valence electrons. The summed E-state index contributed by atoms with van der Waals surface area (Å²) in [6.45, 7) is 5.48. The molecule has 0 spiro atoms. The fraction of sp³-hybridized carbons (Fsp3) is 0.875. The van der Waals surface area contributed by atoms with Crippen LogP contribution < -0.4 is 5.32 Å². The number of likely N-dealkylation sites (tertiary alicyclic amines) is 1. The molecule has 2 unspecified atom stereocenters. The van der Waals surface area contributed by atoms with E-state index in [0.29, 0.717) is 12.3 Å². The van der Waals surface area contributed by atoms with Gasteiger partial charge in [-0.2, -0.15) is 0 Å². The maximum absolute atomic E-state index is 12.4. The molecule has 2 aliphatic rings. The van der Waals surface area contributed by atoms with Gasteiger partial charge in [0, 0.05) is 25.0 Å². The van der Waals surface area contributed by atoms with E-state index in [0.717, 1.165) is 25.4 Å². The summed E-state index contributed by atoms with van der Waals surface area (Å²) in [6.07, 6.45) is 6.86. The minimum absolute atomic E-state index is 0.0330. The Morgan fingerprint density at radius 1 is 1.19 bits per heavy atom. The molecule has 21 heavy (non-hydrogen) atoms. The number of carboxylic acid groups (broad SMARTS) is 1. The van der Waals surface area contributed by atoms with Crippen LogP contribution in [0.3, 0.4) is 0 Å². The molecule has 1 aliphatic heterocycles. The highest BCUT2D eigenvalue weighted by Gasteiger charge is 2.34. The Morgan fingerprint density at radius 2 is 1.86 bits per heavy atom. The fourth-order valence-electron chi connectivity index (χ4n) is 3.64. The van der Waals surface area contributed by atoms with Crippen molar-refractivity contribution >= 4 is 12.0 Å². The minimum Gasteiger partial charge on any atom is -0.481 e. The number of rotatable bonds is 4. The third kappa shape index (κ3) is 4.61. The van der Waals surface area contributed by atoms with E-state index >= 15 is 0 Å². The Morgan fingerprint density at radius 3 is 2.52 bits per heavy atom. The van der Waals surface area contributed by atoms with Crippen LogP contribution in [-0.2, 0) is 4.79 Å². The zero-order valence-electron chi connectivity index (χ0n) is 13.2. The zero-order chi connectivity index (χ0) is 15.5. The molecule has 1 aliphatic carbocycles. The van der Waals surface area contributed by atoms with Crippen LogP contribution in [0, 0.1) is 11.8 Å². The summed E-state index contributed by atoms with van der Waals surface area (Å²) in [5, 5.41) is 11.8. The van der Waals surface area contributed by atoms with Crippen molar-refractivity contribution in [2.45, 2.75) is 64.3 Å². The summed E-state index contributed by atoms with van der Waals surface area (Å²) in [4.78, 5) is 25.0. The first-order valence-electron chi connectivity index (χ1n) is 8.16. The number of hydrogen-bond acceptors (Lipinski definition) is 2. The van der Waals surface area contributed by atoms with Crippen LogP contribution in [0.15, 0.2) is 0 Å². The van der Waals surface area contributed by atoms with Gasteiger partial charge < -0.3 is 15.3 Å². The molecule has 5 heteroatoms. The molecule has 1 saturated heterocycles. The van der Waals surface area contributed by atoms with Gasteiger partial charge in [0.1, 0.15) is 0 Å². The number of piperidine rings is 1. The van der Waals surface area contributed by atoms with Crippen LogP contribution in [0.2, 0.25) is 0 Å². The maximum atomic E-state index is 12.4. The lowest BCUT2D eigenvalue weighted by molar-refractivity contribution is -0.137. The van der Waals surface area contributed by atoms with E-state index in [9.17, 15) is 9.59 Å². The Balaban J connectivity index is 1.84. The van der Waals surface area contributed by atoms with E-state index in [1.165, 1.54) is 25.7 Å². The molecule has 1 heterocycles.